The molecular formula is C16H18BrN3. The third-order valence-electron chi connectivity index (χ3n) is 3.77. The fraction of sp³-hybridized carbons (Fsp3) is 0.375. The Hall–Kier alpha value is -1.26. The number of benzene rings is 1. The van der Waals surface area contributed by atoms with E-state index in [4.69, 9.17) is 4.98 Å². The van der Waals surface area contributed by atoms with Crippen molar-refractivity contribution in [2.75, 3.05) is 6.54 Å². The van der Waals surface area contributed by atoms with Crippen LogP contribution in [0, 0.1) is 6.92 Å². The van der Waals surface area contributed by atoms with Crippen LogP contribution in [0.5, 0.6) is 0 Å². The Balaban J connectivity index is 1.96. The predicted molar refractivity (Wildman–Crippen MR) is 84.5 cm³/mol. The van der Waals surface area contributed by atoms with Crippen LogP contribution in [0.2, 0.25) is 0 Å². The molecule has 4 heteroatoms. The second-order valence-electron chi connectivity index (χ2n) is 5.26. The molecule has 1 unspecified atom stereocenters. The smallest absolute Gasteiger partial charge is 0.145 e. The minimum absolute atomic E-state index is 0.302. The van der Waals surface area contributed by atoms with Crippen molar-refractivity contribution < 1.29 is 0 Å². The summed E-state index contributed by atoms with van der Waals surface area (Å²) < 4.78 is 1.08. The molecule has 20 heavy (non-hydrogen) atoms. The molecule has 2 heterocycles. The van der Waals surface area contributed by atoms with Crippen LogP contribution in [-0.4, -0.2) is 16.5 Å². The Labute approximate surface area is 128 Å². The third-order valence-corrected chi connectivity index (χ3v) is 4.27. The first-order chi connectivity index (χ1) is 9.74. The zero-order valence-electron chi connectivity index (χ0n) is 11.6. The van der Waals surface area contributed by atoms with Crippen LogP contribution in [0.1, 0.15) is 36.7 Å². The summed E-state index contributed by atoms with van der Waals surface area (Å²) in [5, 5.41) is 3.51. The summed E-state index contributed by atoms with van der Waals surface area (Å²) in [6.45, 7) is 3.18. The van der Waals surface area contributed by atoms with E-state index in [1.165, 1.54) is 24.0 Å². The van der Waals surface area contributed by atoms with Crippen molar-refractivity contribution in [3.8, 4) is 11.3 Å². The van der Waals surface area contributed by atoms with Crippen LogP contribution in [-0.2, 0) is 0 Å². The SMILES string of the molecule is Cc1ccc(Br)cc1-c1ccnc(C2CCCCN2)n1. The van der Waals surface area contributed by atoms with Crippen LogP contribution in [0.3, 0.4) is 0 Å². The zero-order chi connectivity index (χ0) is 13.9. The van der Waals surface area contributed by atoms with Gasteiger partial charge < -0.3 is 5.32 Å². The van der Waals surface area contributed by atoms with E-state index in [9.17, 15) is 0 Å². The topological polar surface area (TPSA) is 37.8 Å². The molecule has 2 aromatic rings. The molecule has 0 aliphatic carbocycles. The van der Waals surface area contributed by atoms with Gasteiger partial charge in [-0.1, -0.05) is 28.4 Å². The minimum atomic E-state index is 0.302. The van der Waals surface area contributed by atoms with Crippen molar-refractivity contribution in [2.45, 2.75) is 32.2 Å². The fourth-order valence-corrected chi connectivity index (χ4v) is 3.00. The molecular weight excluding hydrogens is 314 g/mol. The van der Waals surface area contributed by atoms with Gasteiger partial charge in [0.25, 0.3) is 0 Å². The molecule has 1 aliphatic heterocycles. The first-order valence-corrected chi connectivity index (χ1v) is 7.86. The zero-order valence-corrected chi connectivity index (χ0v) is 13.2. The maximum atomic E-state index is 4.77. The standard InChI is InChI=1S/C16H18BrN3/c1-11-5-6-12(17)10-13(11)14-7-9-19-16(20-14)15-4-2-3-8-18-15/h5-7,9-10,15,18H,2-4,8H2,1H3. The highest BCUT2D eigenvalue weighted by molar-refractivity contribution is 9.10. The molecule has 3 nitrogen and oxygen atoms in total. The van der Waals surface area contributed by atoms with Crippen molar-refractivity contribution in [3.05, 3.63) is 46.3 Å². The molecule has 1 aromatic carbocycles. The number of nitrogens with one attached hydrogen (secondary N) is 1. The van der Waals surface area contributed by atoms with Gasteiger partial charge in [-0.2, -0.15) is 0 Å². The molecule has 104 valence electrons. The van der Waals surface area contributed by atoms with Gasteiger partial charge in [0.1, 0.15) is 5.82 Å². The first-order valence-electron chi connectivity index (χ1n) is 7.07. The van der Waals surface area contributed by atoms with E-state index in [1.54, 1.807) is 0 Å². The maximum absolute atomic E-state index is 4.77. The molecule has 0 amide bonds. The van der Waals surface area contributed by atoms with E-state index >= 15 is 0 Å². The normalized spacial score (nSPS) is 19.0. The quantitative estimate of drug-likeness (QED) is 0.902. The number of hydrogen-bond acceptors (Lipinski definition) is 3. The van der Waals surface area contributed by atoms with Crippen LogP contribution in [0.4, 0.5) is 0 Å². The molecule has 1 aliphatic rings. The second kappa shape index (κ2) is 6.02. The predicted octanol–water partition coefficient (Wildman–Crippen LogP) is 4.03. The highest BCUT2D eigenvalue weighted by atomic mass is 79.9. The lowest BCUT2D eigenvalue weighted by molar-refractivity contribution is 0.397. The van der Waals surface area contributed by atoms with Gasteiger partial charge in [-0.25, -0.2) is 9.97 Å². The lowest BCUT2D eigenvalue weighted by Gasteiger charge is -2.22. The average molecular weight is 332 g/mol. The molecule has 1 atom stereocenters. The number of nitrogens with zero attached hydrogens (tertiary/aromatic N) is 2. The van der Waals surface area contributed by atoms with E-state index in [1.807, 2.05) is 12.3 Å². The van der Waals surface area contributed by atoms with Crippen molar-refractivity contribution in [3.63, 3.8) is 0 Å². The van der Waals surface area contributed by atoms with Gasteiger partial charge in [-0.3, -0.25) is 0 Å². The number of aromatic nitrogens is 2. The Morgan fingerprint density at radius 2 is 2.15 bits per heavy atom. The summed E-state index contributed by atoms with van der Waals surface area (Å²) in [5.41, 5.74) is 3.40. The van der Waals surface area contributed by atoms with Crippen molar-refractivity contribution in [2.24, 2.45) is 0 Å². The highest BCUT2D eigenvalue weighted by Crippen LogP contribution is 2.27. The molecule has 0 spiro atoms. The van der Waals surface area contributed by atoms with Crippen LogP contribution in [0.15, 0.2) is 34.9 Å². The van der Waals surface area contributed by atoms with Gasteiger partial charge in [-0.15, -0.1) is 0 Å². The molecule has 0 bridgehead atoms. The number of rotatable bonds is 2. The van der Waals surface area contributed by atoms with Gasteiger partial charge >= 0.3 is 0 Å². The summed E-state index contributed by atoms with van der Waals surface area (Å²) >= 11 is 3.53. The van der Waals surface area contributed by atoms with Gasteiger partial charge in [0, 0.05) is 16.2 Å². The van der Waals surface area contributed by atoms with E-state index < -0.39 is 0 Å². The van der Waals surface area contributed by atoms with Crippen molar-refractivity contribution in [1.82, 2.24) is 15.3 Å². The van der Waals surface area contributed by atoms with Gasteiger partial charge in [0.15, 0.2) is 0 Å². The largest absolute Gasteiger partial charge is 0.307 e. The first kappa shape index (κ1) is 13.7. The van der Waals surface area contributed by atoms with Crippen molar-refractivity contribution >= 4 is 15.9 Å². The Morgan fingerprint density at radius 1 is 1.25 bits per heavy atom. The number of piperidine rings is 1. The second-order valence-corrected chi connectivity index (χ2v) is 6.18. The Kier molecular flexibility index (Phi) is 4.13. The molecule has 3 rings (SSSR count). The summed E-state index contributed by atoms with van der Waals surface area (Å²) in [4.78, 5) is 9.23. The number of aryl methyl sites for hydroxylation is 1. The average Bonchev–Trinajstić information content (AvgIpc) is 2.51. The van der Waals surface area contributed by atoms with Crippen LogP contribution in [0.25, 0.3) is 11.3 Å². The lowest BCUT2D eigenvalue weighted by atomic mass is 10.0. The lowest BCUT2D eigenvalue weighted by Crippen LogP contribution is -2.28. The van der Waals surface area contributed by atoms with Gasteiger partial charge in [0.2, 0.25) is 0 Å². The molecule has 0 saturated carbocycles. The summed E-state index contributed by atoms with van der Waals surface area (Å²) in [5.74, 6) is 0.918. The molecule has 1 fully saturated rings. The maximum Gasteiger partial charge on any atom is 0.145 e. The van der Waals surface area contributed by atoms with E-state index in [2.05, 4.69) is 51.4 Å². The monoisotopic (exact) mass is 331 g/mol. The number of hydrogen-bond donors (Lipinski definition) is 1. The van der Waals surface area contributed by atoms with E-state index in [-0.39, 0.29) is 0 Å². The Bertz CT molecular complexity index is 606. The molecule has 1 N–H and O–H groups in total. The third kappa shape index (κ3) is 2.91. The van der Waals surface area contributed by atoms with E-state index in [0.29, 0.717) is 6.04 Å². The van der Waals surface area contributed by atoms with E-state index in [0.717, 1.165) is 29.0 Å². The molecule has 1 saturated heterocycles. The van der Waals surface area contributed by atoms with Gasteiger partial charge in [0.05, 0.1) is 11.7 Å². The molecule has 1 aromatic heterocycles. The summed E-state index contributed by atoms with van der Waals surface area (Å²) in [6, 6.07) is 8.58. The minimum Gasteiger partial charge on any atom is -0.307 e. The number of halogens is 1. The van der Waals surface area contributed by atoms with Crippen molar-refractivity contribution in [1.29, 1.82) is 0 Å². The van der Waals surface area contributed by atoms with Crippen LogP contribution < -0.4 is 5.32 Å². The fourth-order valence-electron chi connectivity index (χ4n) is 2.63. The molecule has 0 radical (unpaired) electrons. The van der Waals surface area contributed by atoms with Gasteiger partial charge in [-0.05, 0) is 50.1 Å². The highest BCUT2D eigenvalue weighted by Gasteiger charge is 2.18. The summed E-state index contributed by atoms with van der Waals surface area (Å²) in [6.07, 6.45) is 5.50. The van der Waals surface area contributed by atoms with Crippen LogP contribution >= 0.6 is 15.9 Å². The summed E-state index contributed by atoms with van der Waals surface area (Å²) in [7, 11) is 0. The Morgan fingerprint density at radius 3 is 2.95 bits per heavy atom.